The number of benzene rings is 1. The van der Waals surface area contributed by atoms with E-state index in [0.717, 1.165) is 22.5 Å². The third-order valence-electron chi connectivity index (χ3n) is 3.08. The van der Waals surface area contributed by atoms with Crippen LogP contribution in [0, 0.1) is 6.92 Å². The number of amides is 1. The first-order valence-corrected chi connectivity index (χ1v) is 9.31. The van der Waals surface area contributed by atoms with Gasteiger partial charge in [0.25, 0.3) is 14.4 Å². The molecule has 0 fully saturated rings. The van der Waals surface area contributed by atoms with E-state index in [4.69, 9.17) is 4.52 Å². The van der Waals surface area contributed by atoms with Crippen molar-refractivity contribution >= 4 is 38.3 Å². The number of hydrogen-bond acceptors (Lipinski definition) is 8. The van der Waals surface area contributed by atoms with Crippen molar-refractivity contribution in [1.29, 1.82) is 0 Å². The van der Waals surface area contributed by atoms with E-state index in [1.807, 2.05) is 31.2 Å². The van der Waals surface area contributed by atoms with Gasteiger partial charge in [-0.25, -0.2) is 4.72 Å². The van der Waals surface area contributed by atoms with E-state index in [2.05, 4.69) is 25.4 Å². The molecule has 0 unspecified atom stereocenters. The Kier molecular flexibility index (Phi) is 4.51. The number of rotatable bonds is 5. The summed E-state index contributed by atoms with van der Waals surface area (Å²) in [5.41, 5.74) is 2.32. The van der Waals surface area contributed by atoms with Crippen LogP contribution in [0.2, 0.25) is 0 Å². The van der Waals surface area contributed by atoms with Gasteiger partial charge in [-0.3, -0.25) is 4.79 Å². The Morgan fingerprint density at radius 3 is 2.60 bits per heavy atom. The van der Waals surface area contributed by atoms with Crippen molar-refractivity contribution in [3.8, 4) is 11.1 Å². The first kappa shape index (κ1) is 17.0. The highest BCUT2D eigenvalue weighted by Crippen LogP contribution is 2.30. The lowest BCUT2D eigenvalue weighted by Gasteiger charge is -2.04. The molecule has 2 aromatic heterocycles. The Morgan fingerprint density at radius 2 is 1.92 bits per heavy atom. The zero-order valence-electron chi connectivity index (χ0n) is 13.2. The van der Waals surface area contributed by atoms with Crippen LogP contribution >= 0.6 is 11.3 Å². The lowest BCUT2D eigenvalue weighted by molar-refractivity contribution is -0.114. The van der Waals surface area contributed by atoms with Gasteiger partial charge in [0, 0.05) is 6.92 Å². The standard InChI is InChI=1S/C14H13N5O4S2/c1-8-3-5-10(6-4-8)11-7-15-23-12(11)19-25(21,22)14-18-17-13(24-14)16-9(2)20/h3-7,19H,1-2H3,(H,16,17,20). The molecule has 0 aliphatic heterocycles. The van der Waals surface area contributed by atoms with Crippen molar-refractivity contribution in [2.24, 2.45) is 0 Å². The maximum absolute atomic E-state index is 12.4. The van der Waals surface area contributed by atoms with Gasteiger partial charge >= 0.3 is 0 Å². The van der Waals surface area contributed by atoms with Crippen molar-refractivity contribution in [2.75, 3.05) is 10.0 Å². The summed E-state index contributed by atoms with van der Waals surface area (Å²) >= 11 is 0.727. The first-order chi connectivity index (χ1) is 11.8. The summed E-state index contributed by atoms with van der Waals surface area (Å²) in [7, 11) is -4.03. The molecule has 2 heterocycles. The third kappa shape index (κ3) is 3.83. The van der Waals surface area contributed by atoms with Crippen LogP contribution in [0.3, 0.4) is 0 Å². The predicted molar refractivity (Wildman–Crippen MR) is 91.7 cm³/mol. The second-order valence-electron chi connectivity index (χ2n) is 5.09. The van der Waals surface area contributed by atoms with Gasteiger partial charge in [0.2, 0.25) is 16.9 Å². The summed E-state index contributed by atoms with van der Waals surface area (Å²) in [5, 5.41) is 13.3. The van der Waals surface area contributed by atoms with Gasteiger partial charge in [0.15, 0.2) is 0 Å². The number of carbonyl (C=O) groups is 1. The zero-order chi connectivity index (χ0) is 18.0. The minimum atomic E-state index is -4.03. The molecule has 3 rings (SSSR count). The number of sulfonamides is 1. The fourth-order valence-corrected chi connectivity index (χ4v) is 3.89. The van der Waals surface area contributed by atoms with E-state index >= 15 is 0 Å². The molecule has 0 radical (unpaired) electrons. The molecule has 0 saturated carbocycles. The highest BCUT2D eigenvalue weighted by atomic mass is 32.2. The van der Waals surface area contributed by atoms with Crippen LogP contribution in [0.1, 0.15) is 12.5 Å². The van der Waals surface area contributed by atoms with E-state index in [-0.39, 0.29) is 21.3 Å². The Balaban J connectivity index is 1.87. The molecule has 1 amide bonds. The van der Waals surface area contributed by atoms with Crippen LogP contribution in [0.15, 0.2) is 39.3 Å². The molecule has 130 valence electrons. The number of hydrogen-bond donors (Lipinski definition) is 2. The van der Waals surface area contributed by atoms with Crippen molar-refractivity contribution in [1.82, 2.24) is 15.4 Å². The quantitative estimate of drug-likeness (QED) is 0.651. The van der Waals surface area contributed by atoms with E-state index in [1.165, 1.54) is 13.1 Å². The average Bonchev–Trinajstić information content (AvgIpc) is 3.17. The Morgan fingerprint density at radius 1 is 1.20 bits per heavy atom. The van der Waals surface area contributed by atoms with E-state index in [1.54, 1.807) is 0 Å². The fourth-order valence-electron chi connectivity index (χ4n) is 1.94. The Hall–Kier alpha value is -2.79. The van der Waals surface area contributed by atoms with Crippen LogP contribution in [-0.2, 0) is 14.8 Å². The van der Waals surface area contributed by atoms with Gasteiger partial charge in [0.1, 0.15) is 0 Å². The summed E-state index contributed by atoms with van der Waals surface area (Å²) in [6, 6.07) is 7.45. The molecule has 3 aromatic rings. The van der Waals surface area contributed by atoms with E-state index in [0.29, 0.717) is 5.56 Å². The molecule has 1 aromatic carbocycles. The Bertz CT molecular complexity index is 1010. The summed E-state index contributed by atoms with van der Waals surface area (Å²) in [4.78, 5) is 11.0. The van der Waals surface area contributed by atoms with Gasteiger partial charge in [-0.05, 0) is 12.5 Å². The summed E-state index contributed by atoms with van der Waals surface area (Å²) in [6.45, 7) is 3.24. The zero-order valence-corrected chi connectivity index (χ0v) is 14.8. The molecule has 0 saturated heterocycles. The maximum Gasteiger partial charge on any atom is 0.293 e. The van der Waals surface area contributed by atoms with Crippen LogP contribution in [0.25, 0.3) is 11.1 Å². The van der Waals surface area contributed by atoms with Crippen molar-refractivity contribution < 1.29 is 17.7 Å². The number of carbonyl (C=O) groups excluding carboxylic acids is 1. The largest absolute Gasteiger partial charge is 0.337 e. The third-order valence-corrected chi connectivity index (χ3v) is 5.62. The predicted octanol–water partition coefficient (Wildman–Crippen LogP) is 2.26. The van der Waals surface area contributed by atoms with Crippen LogP contribution in [0.4, 0.5) is 11.0 Å². The van der Waals surface area contributed by atoms with Crippen LogP contribution < -0.4 is 10.0 Å². The normalized spacial score (nSPS) is 11.3. The smallest absolute Gasteiger partial charge is 0.293 e. The molecule has 2 N–H and O–H groups in total. The molecular formula is C14H13N5O4S2. The number of anilines is 2. The highest BCUT2D eigenvalue weighted by Gasteiger charge is 2.24. The van der Waals surface area contributed by atoms with E-state index in [9.17, 15) is 13.2 Å². The summed E-state index contributed by atoms with van der Waals surface area (Å²) < 4.78 is 31.9. The van der Waals surface area contributed by atoms with Gasteiger partial charge in [-0.15, -0.1) is 10.2 Å². The van der Waals surface area contributed by atoms with Gasteiger partial charge in [0.05, 0.1) is 11.8 Å². The maximum atomic E-state index is 12.4. The Labute approximate surface area is 147 Å². The molecule has 0 aliphatic carbocycles. The molecule has 25 heavy (non-hydrogen) atoms. The minimum absolute atomic E-state index is 0.0277. The monoisotopic (exact) mass is 379 g/mol. The van der Waals surface area contributed by atoms with Gasteiger partial charge in [-0.2, -0.15) is 8.42 Å². The second kappa shape index (κ2) is 6.61. The highest BCUT2D eigenvalue weighted by molar-refractivity contribution is 7.94. The summed E-state index contributed by atoms with van der Waals surface area (Å²) in [6.07, 6.45) is 1.42. The van der Waals surface area contributed by atoms with Crippen LogP contribution in [0.5, 0.6) is 0 Å². The number of nitrogens with one attached hydrogen (secondary N) is 2. The number of nitrogens with zero attached hydrogens (tertiary/aromatic N) is 3. The molecule has 0 spiro atoms. The fraction of sp³-hybridized carbons (Fsp3) is 0.143. The molecule has 9 nitrogen and oxygen atoms in total. The SMILES string of the molecule is CC(=O)Nc1nnc(S(=O)(=O)Nc2oncc2-c2ccc(C)cc2)s1. The average molecular weight is 379 g/mol. The van der Waals surface area contributed by atoms with Gasteiger partial charge in [-0.1, -0.05) is 46.3 Å². The second-order valence-corrected chi connectivity index (χ2v) is 7.93. The molecule has 11 heteroatoms. The lowest BCUT2D eigenvalue weighted by atomic mass is 10.1. The molecule has 0 atom stereocenters. The van der Waals surface area contributed by atoms with Crippen molar-refractivity contribution in [2.45, 2.75) is 18.2 Å². The molecular weight excluding hydrogens is 366 g/mol. The van der Waals surface area contributed by atoms with Crippen LogP contribution in [-0.4, -0.2) is 29.7 Å². The first-order valence-electron chi connectivity index (χ1n) is 7.01. The van der Waals surface area contributed by atoms with Gasteiger partial charge < -0.3 is 9.84 Å². The minimum Gasteiger partial charge on any atom is -0.337 e. The number of aryl methyl sites for hydroxylation is 1. The van der Waals surface area contributed by atoms with Crippen molar-refractivity contribution in [3.63, 3.8) is 0 Å². The van der Waals surface area contributed by atoms with E-state index < -0.39 is 10.0 Å². The number of aromatic nitrogens is 3. The summed E-state index contributed by atoms with van der Waals surface area (Å²) in [5.74, 6) is -0.398. The lowest BCUT2D eigenvalue weighted by Crippen LogP contribution is -2.12. The molecule has 0 bridgehead atoms. The molecule has 0 aliphatic rings. The topological polar surface area (TPSA) is 127 Å². The van der Waals surface area contributed by atoms with Crippen molar-refractivity contribution in [3.05, 3.63) is 36.0 Å².